The first kappa shape index (κ1) is 36.3. The zero-order chi connectivity index (χ0) is 39.6. The lowest BCUT2D eigenvalue weighted by Gasteiger charge is -2.44. The summed E-state index contributed by atoms with van der Waals surface area (Å²) in [6.07, 6.45) is 3.80. The molecule has 0 saturated heterocycles. The van der Waals surface area contributed by atoms with Crippen molar-refractivity contribution in [1.29, 1.82) is 0 Å². The topological polar surface area (TPSA) is 6.48 Å². The van der Waals surface area contributed by atoms with E-state index in [9.17, 15) is 0 Å². The molecule has 0 bridgehead atoms. The SMILES string of the molecule is C=Cc1ccc(-c2cccc(N3c4ccc(C(C)(C)C)cc4B4c5ccc(-c6ccc(C=C)cc6)cc5N(c5ccc(C(C)(C)C)cc5)c5cccc3c54)c2)cc1. The van der Waals surface area contributed by atoms with Crippen LogP contribution in [-0.2, 0) is 10.8 Å². The van der Waals surface area contributed by atoms with Crippen molar-refractivity contribution < 1.29 is 0 Å². The predicted octanol–water partition coefficient (Wildman–Crippen LogP) is 13.0. The fourth-order valence-corrected chi connectivity index (χ4v) is 8.70. The van der Waals surface area contributed by atoms with Gasteiger partial charge in [-0.1, -0.05) is 170 Å². The molecule has 57 heavy (non-hydrogen) atoms. The fraction of sp³-hybridized carbons (Fsp3) is 0.148. The molecule has 2 heterocycles. The van der Waals surface area contributed by atoms with Crippen LogP contribution >= 0.6 is 0 Å². The van der Waals surface area contributed by atoms with Crippen LogP contribution in [0.2, 0.25) is 0 Å². The molecule has 0 spiro atoms. The molecule has 0 fully saturated rings. The van der Waals surface area contributed by atoms with Crippen molar-refractivity contribution in [3.8, 4) is 22.3 Å². The van der Waals surface area contributed by atoms with Gasteiger partial charge >= 0.3 is 0 Å². The number of benzene rings is 7. The van der Waals surface area contributed by atoms with E-state index in [1.165, 1.54) is 72.5 Å². The molecule has 0 N–H and O–H groups in total. The van der Waals surface area contributed by atoms with Crippen LogP contribution in [0, 0.1) is 0 Å². The maximum atomic E-state index is 3.98. The summed E-state index contributed by atoms with van der Waals surface area (Å²) in [6.45, 7) is 21.8. The Morgan fingerprint density at radius 1 is 0.421 bits per heavy atom. The standard InChI is InChI=1S/C54H49BN2/c1-9-36-17-21-38(22-18-36)40-13-11-14-45(33-40)57-48-32-28-43(54(6,7)8)35-47(48)55-46-31-25-41(39-23-19-37(10-2)20-24-39)34-51(46)56(49-15-12-16-50(57)52(49)55)44-29-26-42(27-30-44)53(3,4)5/h9-35H,1-2H2,3-8H3. The number of hydrogen-bond donors (Lipinski definition) is 0. The van der Waals surface area contributed by atoms with Crippen LogP contribution in [-0.4, -0.2) is 6.71 Å². The lowest BCUT2D eigenvalue weighted by Crippen LogP contribution is -2.61. The Morgan fingerprint density at radius 3 is 1.53 bits per heavy atom. The lowest BCUT2D eigenvalue weighted by atomic mass is 9.33. The monoisotopic (exact) mass is 736 g/mol. The summed E-state index contributed by atoms with van der Waals surface area (Å²) in [4.78, 5) is 5.01. The molecule has 278 valence electrons. The van der Waals surface area contributed by atoms with E-state index in [4.69, 9.17) is 0 Å². The first-order valence-corrected chi connectivity index (χ1v) is 20.1. The van der Waals surface area contributed by atoms with E-state index in [-0.39, 0.29) is 17.5 Å². The van der Waals surface area contributed by atoms with Crippen molar-refractivity contribution in [2.24, 2.45) is 0 Å². The molecule has 0 saturated carbocycles. The van der Waals surface area contributed by atoms with E-state index in [2.05, 4.69) is 216 Å². The summed E-state index contributed by atoms with van der Waals surface area (Å²) in [5.74, 6) is 0. The smallest absolute Gasteiger partial charge is 0.252 e. The highest BCUT2D eigenvalue weighted by Crippen LogP contribution is 2.46. The quantitative estimate of drug-likeness (QED) is 0.157. The number of rotatable bonds is 6. The molecule has 3 heteroatoms. The Bertz CT molecular complexity index is 2670. The fourth-order valence-electron chi connectivity index (χ4n) is 8.70. The molecule has 2 nitrogen and oxygen atoms in total. The summed E-state index contributed by atoms with van der Waals surface area (Å²) in [5, 5.41) is 0. The van der Waals surface area contributed by atoms with Gasteiger partial charge in [-0.2, -0.15) is 0 Å². The molecule has 9 rings (SSSR count). The second-order valence-electron chi connectivity index (χ2n) is 17.6. The van der Waals surface area contributed by atoms with Gasteiger partial charge in [-0.3, -0.25) is 0 Å². The normalized spacial score (nSPS) is 13.1. The Morgan fingerprint density at radius 2 is 0.947 bits per heavy atom. The molecule has 0 unspecified atom stereocenters. The van der Waals surface area contributed by atoms with Gasteiger partial charge in [-0.05, 0) is 120 Å². The first-order chi connectivity index (χ1) is 27.4. The Balaban J connectivity index is 1.30. The minimum absolute atomic E-state index is 0.0169. The molecule has 0 atom stereocenters. The van der Waals surface area contributed by atoms with Crippen LogP contribution in [0.3, 0.4) is 0 Å². The van der Waals surface area contributed by atoms with E-state index in [1.54, 1.807) is 0 Å². The van der Waals surface area contributed by atoms with E-state index in [0.717, 1.165) is 22.5 Å². The maximum absolute atomic E-state index is 3.98. The van der Waals surface area contributed by atoms with Crippen LogP contribution in [0.4, 0.5) is 34.1 Å². The third-order valence-electron chi connectivity index (χ3n) is 11.9. The summed E-state index contributed by atoms with van der Waals surface area (Å²) in [5.41, 5.74) is 20.8. The van der Waals surface area contributed by atoms with E-state index in [0.29, 0.717) is 0 Å². The average Bonchev–Trinajstić information content (AvgIpc) is 3.22. The second-order valence-corrected chi connectivity index (χ2v) is 17.6. The van der Waals surface area contributed by atoms with E-state index in [1.807, 2.05) is 12.2 Å². The summed E-state index contributed by atoms with van der Waals surface area (Å²) < 4.78 is 0. The Labute approximate surface area is 339 Å². The minimum atomic E-state index is -0.0169. The molecule has 7 aromatic carbocycles. The van der Waals surface area contributed by atoms with Gasteiger partial charge in [-0.15, -0.1) is 0 Å². The van der Waals surface area contributed by atoms with E-state index >= 15 is 0 Å². The molecule has 2 aliphatic heterocycles. The van der Waals surface area contributed by atoms with Crippen LogP contribution < -0.4 is 26.2 Å². The maximum Gasteiger partial charge on any atom is 0.252 e. The molecule has 2 aliphatic rings. The molecule has 0 amide bonds. The van der Waals surface area contributed by atoms with Crippen LogP contribution in [0.5, 0.6) is 0 Å². The zero-order valence-corrected chi connectivity index (χ0v) is 34.0. The van der Waals surface area contributed by atoms with Crippen molar-refractivity contribution >= 4 is 69.4 Å². The van der Waals surface area contributed by atoms with Crippen LogP contribution in [0.1, 0.15) is 63.8 Å². The molecule has 0 aliphatic carbocycles. The molecule has 7 aromatic rings. The van der Waals surface area contributed by atoms with Crippen LogP contribution in [0.25, 0.3) is 34.4 Å². The molecular formula is C54H49BN2. The lowest BCUT2D eigenvalue weighted by molar-refractivity contribution is 0.590. The summed E-state index contributed by atoms with van der Waals surface area (Å²) in [6, 6.07) is 56.8. The molecule has 0 aromatic heterocycles. The van der Waals surface area contributed by atoms with Crippen molar-refractivity contribution in [3.05, 3.63) is 187 Å². The van der Waals surface area contributed by atoms with Crippen molar-refractivity contribution in [2.75, 3.05) is 9.80 Å². The van der Waals surface area contributed by atoms with Gasteiger partial charge in [0.1, 0.15) is 0 Å². The van der Waals surface area contributed by atoms with Crippen molar-refractivity contribution in [3.63, 3.8) is 0 Å². The molecular weight excluding hydrogens is 687 g/mol. The van der Waals surface area contributed by atoms with Crippen molar-refractivity contribution in [2.45, 2.75) is 52.4 Å². The van der Waals surface area contributed by atoms with Crippen LogP contribution in [0.15, 0.2) is 165 Å². The molecule has 0 radical (unpaired) electrons. The average molecular weight is 737 g/mol. The Kier molecular flexibility index (Phi) is 8.74. The second kappa shape index (κ2) is 13.7. The Hall–Kier alpha value is -6.32. The number of nitrogens with zero attached hydrogens (tertiary/aromatic N) is 2. The summed E-state index contributed by atoms with van der Waals surface area (Å²) in [7, 11) is 0. The number of anilines is 6. The minimum Gasteiger partial charge on any atom is -0.311 e. The van der Waals surface area contributed by atoms with Gasteiger partial charge in [0.15, 0.2) is 0 Å². The largest absolute Gasteiger partial charge is 0.311 e. The highest BCUT2D eigenvalue weighted by molar-refractivity contribution is 7.00. The third-order valence-corrected chi connectivity index (χ3v) is 11.9. The van der Waals surface area contributed by atoms with Crippen molar-refractivity contribution in [1.82, 2.24) is 0 Å². The first-order valence-electron chi connectivity index (χ1n) is 20.1. The predicted molar refractivity (Wildman–Crippen MR) is 249 cm³/mol. The zero-order valence-electron chi connectivity index (χ0n) is 34.0. The summed E-state index contributed by atoms with van der Waals surface area (Å²) >= 11 is 0. The number of fused-ring (bicyclic) bond motifs is 4. The van der Waals surface area contributed by atoms with Gasteiger partial charge in [0, 0.05) is 34.1 Å². The van der Waals surface area contributed by atoms with Gasteiger partial charge in [0.25, 0.3) is 6.71 Å². The van der Waals surface area contributed by atoms with Gasteiger partial charge in [-0.25, -0.2) is 0 Å². The van der Waals surface area contributed by atoms with Gasteiger partial charge < -0.3 is 9.80 Å². The van der Waals surface area contributed by atoms with Gasteiger partial charge in [0.2, 0.25) is 0 Å². The third kappa shape index (κ3) is 6.32. The highest BCUT2D eigenvalue weighted by Gasteiger charge is 2.43. The number of hydrogen-bond acceptors (Lipinski definition) is 2. The van der Waals surface area contributed by atoms with E-state index < -0.39 is 0 Å². The van der Waals surface area contributed by atoms with Gasteiger partial charge in [0.05, 0.1) is 0 Å². The highest BCUT2D eigenvalue weighted by atomic mass is 15.2.